The number of sulfone groups is 1. The van der Waals surface area contributed by atoms with Gasteiger partial charge in [-0.3, -0.25) is 4.79 Å². The van der Waals surface area contributed by atoms with Gasteiger partial charge in [0, 0.05) is 10.9 Å². The molecule has 1 heterocycles. The topological polar surface area (TPSA) is 89.3 Å². The van der Waals surface area contributed by atoms with Crippen LogP contribution in [0, 0.1) is 0 Å². The van der Waals surface area contributed by atoms with Crippen molar-refractivity contribution in [2.45, 2.75) is 17.4 Å². The third kappa shape index (κ3) is 4.29. The minimum absolute atomic E-state index is 0.0388. The zero-order valence-corrected chi connectivity index (χ0v) is 13.0. The summed E-state index contributed by atoms with van der Waals surface area (Å²) in [5.74, 6) is 0.233. The van der Waals surface area contributed by atoms with Crippen molar-refractivity contribution in [2.24, 2.45) is 0 Å². The molecule has 1 saturated heterocycles. The van der Waals surface area contributed by atoms with Crippen LogP contribution in [0.4, 0.5) is 5.69 Å². The molecule has 3 N–H and O–H groups in total. The molecule has 1 aromatic carbocycles. The second kappa shape index (κ2) is 6.24. The lowest BCUT2D eigenvalue weighted by molar-refractivity contribution is -0.119. The van der Waals surface area contributed by atoms with Crippen molar-refractivity contribution in [3.05, 3.63) is 23.2 Å². The summed E-state index contributed by atoms with van der Waals surface area (Å²) in [5, 5.41) is 3.19. The Morgan fingerprint density at radius 1 is 1.50 bits per heavy atom. The Balaban J connectivity index is 1.82. The number of rotatable bonds is 4. The van der Waals surface area contributed by atoms with Crippen LogP contribution >= 0.6 is 23.4 Å². The van der Waals surface area contributed by atoms with E-state index in [2.05, 4.69) is 5.32 Å². The van der Waals surface area contributed by atoms with E-state index >= 15 is 0 Å². The standard InChI is InChI=1S/C12H15ClN2O3S2/c13-10-5-9(1-2-11(10)14)19-6-12(16)15-8-3-4-20(17,18)7-8/h1-2,5,8H,3-4,6-7,14H2,(H,15,16). The van der Waals surface area contributed by atoms with Gasteiger partial charge in [-0.25, -0.2) is 8.42 Å². The zero-order valence-electron chi connectivity index (χ0n) is 10.6. The van der Waals surface area contributed by atoms with Gasteiger partial charge in [0.1, 0.15) is 0 Å². The van der Waals surface area contributed by atoms with Gasteiger partial charge in [0.05, 0.1) is 28.0 Å². The second-order valence-corrected chi connectivity index (χ2v) is 8.32. The minimum Gasteiger partial charge on any atom is -0.398 e. The third-order valence-electron chi connectivity index (χ3n) is 2.94. The smallest absolute Gasteiger partial charge is 0.230 e. The lowest BCUT2D eigenvalue weighted by Crippen LogP contribution is -2.36. The number of nitrogens with two attached hydrogens (primary N) is 1. The molecule has 0 radical (unpaired) electrons. The van der Waals surface area contributed by atoms with Gasteiger partial charge in [0.2, 0.25) is 5.91 Å². The number of carbonyl (C=O) groups excluding carboxylic acids is 1. The van der Waals surface area contributed by atoms with Crippen molar-refractivity contribution < 1.29 is 13.2 Å². The molecule has 0 aromatic heterocycles. The summed E-state index contributed by atoms with van der Waals surface area (Å²) in [5.41, 5.74) is 6.10. The number of amides is 1. The first-order valence-corrected chi connectivity index (χ1v) is 9.22. The molecular formula is C12H15ClN2O3S2. The number of hydrogen-bond acceptors (Lipinski definition) is 5. The molecule has 1 amide bonds. The fourth-order valence-electron chi connectivity index (χ4n) is 1.92. The van der Waals surface area contributed by atoms with Crippen LogP contribution in [-0.2, 0) is 14.6 Å². The predicted octanol–water partition coefficient (Wildman–Crippen LogP) is 1.32. The van der Waals surface area contributed by atoms with Gasteiger partial charge in [-0.05, 0) is 24.6 Å². The Morgan fingerprint density at radius 3 is 2.85 bits per heavy atom. The number of nitrogens with one attached hydrogen (secondary N) is 1. The first-order chi connectivity index (χ1) is 9.35. The normalized spacial score (nSPS) is 20.8. The Labute approximate surface area is 127 Å². The monoisotopic (exact) mass is 334 g/mol. The van der Waals surface area contributed by atoms with Crippen LogP contribution < -0.4 is 11.1 Å². The highest BCUT2D eigenvalue weighted by atomic mass is 35.5. The molecule has 1 aliphatic rings. The lowest BCUT2D eigenvalue weighted by atomic mass is 10.3. The maximum absolute atomic E-state index is 11.8. The molecule has 1 atom stereocenters. The summed E-state index contributed by atoms with van der Waals surface area (Å²) >= 11 is 7.23. The van der Waals surface area contributed by atoms with Crippen LogP contribution in [-0.4, -0.2) is 37.6 Å². The summed E-state index contributed by atoms with van der Waals surface area (Å²) < 4.78 is 22.6. The highest BCUT2D eigenvalue weighted by molar-refractivity contribution is 8.00. The Kier molecular flexibility index (Phi) is 4.82. The van der Waals surface area contributed by atoms with Crippen molar-refractivity contribution in [1.82, 2.24) is 5.32 Å². The number of thioether (sulfide) groups is 1. The van der Waals surface area contributed by atoms with Gasteiger partial charge < -0.3 is 11.1 Å². The molecule has 20 heavy (non-hydrogen) atoms. The summed E-state index contributed by atoms with van der Waals surface area (Å²) in [4.78, 5) is 12.6. The summed E-state index contributed by atoms with van der Waals surface area (Å²) in [7, 11) is -2.97. The van der Waals surface area contributed by atoms with E-state index in [1.165, 1.54) is 11.8 Å². The molecule has 110 valence electrons. The molecule has 5 nitrogen and oxygen atoms in total. The summed E-state index contributed by atoms with van der Waals surface area (Å²) in [6, 6.07) is 4.92. The predicted molar refractivity (Wildman–Crippen MR) is 81.8 cm³/mol. The van der Waals surface area contributed by atoms with Gasteiger partial charge in [-0.2, -0.15) is 0 Å². The maximum atomic E-state index is 11.8. The van der Waals surface area contributed by atoms with Crippen molar-refractivity contribution in [2.75, 3.05) is 23.0 Å². The fraction of sp³-hybridized carbons (Fsp3) is 0.417. The van der Waals surface area contributed by atoms with Crippen molar-refractivity contribution in [3.63, 3.8) is 0 Å². The number of nitrogen functional groups attached to an aromatic ring is 1. The average Bonchev–Trinajstić information content (AvgIpc) is 2.70. The minimum atomic E-state index is -2.97. The maximum Gasteiger partial charge on any atom is 0.230 e. The summed E-state index contributed by atoms with van der Waals surface area (Å²) in [6.07, 6.45) is 0.492. The van der Waals surface area contributed by atoms with E-state index in [0.29, 0.717) is 17.1 Å². The molecule has 1 aliphatic heterocycles. The van der Waals surface area contributed by atoms with Crippen LogP contribution in [0.2, 0.25) is 5.02 Å². The molecule has 0 saturated carbocycles. The molecule has 0 spiro atoms. The number of hydrogen-bond donors (Lipinski definition) is 2. The van der Waals surface area contributed by atoms with Crippen LogP contribution in [0.1, 0.15) is 6.42 Å². The van der Waals surface area contributed by atoms with Gasteiger partial charge in [-0.1, -0.05) is 11.6 Å². The zero-order chi connectivity index (χ0) is 14.8. The van der Waals surface area contributed by atoms with E-state index in [9.17, 15) is 13.2 Å². The molecule has 0 aliphatic carbocycles. The van der Waals surface area contributed by atoms with Crippen molar-refractivity contribution >= 4 is 44.8 Å². The number of carbonyl (C=O) groups is 1. The van der Waals surface area contributed by atoms with Crippen molar-refractivity contribution in [1.29, 1.82) is 0 Å². The Hall–Kier alpha value is -0.920. The molecule has 1 unspecified atom stereocenters. The van der Waals surface area contributed by atoms with E-state index in [-0.39, 0.29) is 29.2 Å². The Morgan fingerprint density at radius 2 is 2.25 bits per heavy atom. The second-order valence-electron chi connectivity index (χ2n) is 4.64. The van der Waals surface area contributed by atoms with Crippen molar-refractivity contribution in [3.8, 4) is 0 Å². The molecule has 2 rings (SSSR count). The Bertz CT molecular complexity index is 619. The first kappa shape index (κ1) is 15.5. The number of halogens is 1. The third-order valence-corrected chi connectivity index (χ3v) is 6.03. The highest BCUT2D eigenvalue weighted by Crippen LogP contribution is 2.26. The first-order valence-electron chi connectivity index (χ1n) is 6.03. The molecule has 8 heteroatoms. The van der Waals surface area contributed by atoms with Gasteiger partial charge >= 0.3 is 0 Å². The van der Waals surface area contributed by atoms with Crippen LogP contribution in [0.15, 0.2) is 23.1 Å². The van der Waals surface area contributed by atoms with E-state index in [4.69, 9.17) is 17.3 Å². The van der Waals surface area contributed by atoms with E-state index in [1.807, 2.05) is 0 Å². The summed E-state index contributed by atoms with van der Waals surface area (Å²) in [6.45, 7) is 0. The number of anilines is 1. The van der Waals surface area contributed by atoms with Crippen LogP contribution in [0.5, 0.6) is 0 Å². The number of benzene rings is 1. The lowest BCUT2D eigenvalue weighted by Gasteiger charge is -2.10. The highest BCUT2D eigenvalue weighted by Gasteiger charge is 2.28. The van der Waals surface area contributed by atoms with Gasteiger partial charge in [0.25, 0.3) is 0 Å². The van der Waals surface area contributed by atoms with E-state index in [0.717, 1.165) is 4.90 Å². The SMILES string of the molecule is Nc1ccc(SCC(=O)NC2CCS(=O)(=O)C2)cc1Cl. The van der Waals surface area contributed by atoms with E-state index < -0.39 is 9.84 Å². The van der Waals surface area contributed by atoms with Crippen LogP contribution in [0.3, 0.4) is 0 Å². The van der Waals surface area contributed by atoms with Crippen LogP contribution in [0.25, 0.3) is 0 Å². The molecule has 1 fully saturated rings. The molecule has 1 aromatic rings. The largest absolute Gasteiger partial charge is 0.398 e. The van der Waals surface area contributed by atoms with Gasteiger partial charge in [-0.15, -0.1) is 11.8 Å². The fourth-order valence-corrected chi connectivity index (χ4v) is 4.59. The quantitative estimate of drug-likeness (QED) is 0.640. The molecule has 0 bridgehead atoms. The van der Waals surface area contributed by atoms with E-state index in [1.54, 1.807) is 18.2 Å². The molecular weight excluding hydrogens is 320 g/mol. The average molecular weight is 335 g/mol. The van der Waals surface area contributed by atoms with Gasteiger partial charge in [0.15, 0.2) is 9.84 Å².